The zero-order chi connectivity index (χ0) is 18.4. The van der Waals surface area contributed by atoms with Crippen LogP contribution in [0.2, 0.25) is 0 Å². The van der Waals surface area contributed by atoms with Crippen molar-refractivity contribution in [2.24, 2.45) is 0 Å². The minimum Gasteiger partial charge on any atom is -0.485 e. The molecule has 1 aliphatic heterocycles. The first-order valence-electron chi connectivity index (χ1n) is 8.00. The molecule has 1 aromatic carbocycles. The quantitative estimate of drug-likeness (QED) is 0.761. The lowest BCUT2D eigenvalue weighted by Gasteiger charge is -2.34. The molecule has 1 unspecified atom stereocenters. The molecule has 0 spiro atoms. The summed E-state index contributed by atoms with van der Waals surface area (Å²) in [4.78, 5) is 15.2. The van der Waals surface area contributed by atoms with Crippen LogP contribution in [0.5, 0.6) is 5.75 Å². The zero-order valence-corrected chi connectivity index (χ0v) is 15.5. The van der Waals surface area contributed by atoms with Crippen molar-refractivity contribution in [3.63, 3.8) is 0 Å². The highest BCUT2D eigenvalue weighted by Crippen LogP contribution is 2.26. The largest absolute Gasteiger partial charge is 0.485 e. The number of halogens is 3. The first kappa shape index (κ1) is 19.9. The zero-order valence-electron chi connectivity index (χ0n) is 13.9. The van der Waals surface area contributed by atoms with Gasteiger partial charge in [-0.25, -0.2) is 13.6 Å². The lowest BCUT2D eigenvalue weighted by atomic mass is 10.2. The van der Waals surface area contributed by atoms with Gasteiger partial charge in [0.05, 0.1) is 6.61 Å². The van der Waals surface area contributed by atoms with Crippen LogP contribution in [0.15, 0.2) is 16.6 Å². The highest BCUT2D eigenvalue weighted by molar-refractivity contribution is 9.10. The summed E-state index contributed by atoms with van der Waals surface area (Å²) in [6, 6.07) is 2.19. The van der Waals surface area contributed by atoms with Crippen LogP contribution in [-0.2, 0) is 4.74 Å². The molecular weight excluding hydrogens is 402 g/mol. The summed E-state index contributed by atoms with van der Waals surface area (Å²) in [5.74, 6) is -2.17. The van der Waals surface area contributed by atoms with Gasteiger partial charge in [0.25, 0.3) is 0 Å². The van der Waals surface area contributed by atoms with E-state index in [1.54, 1.807) is 11.8 Å². The van der Waals surface area contributed by atoms with Crippen LogP contribution in [0.25, 0.3) is 0 Å². The van der Waals surface area contributed by atoms with E-state index in [0.29, 0.717) is 32.8 Å². The molecule has 1 heterocycles. The fourth-order valence-electron chi connectivity index (χ4n) is 2.52. The van der Waals surface area contributed by atoms with E-state index in [1.807, 2.05) is 4.90 Å². The summed E-state index contributed by atoms with van der Waals surface area (Å²) in [5, 5.41) is 10.0. The summed E-state index contributed by atoms with van der Waals surface area (Å²) >= 11 is 2.99. The fraction of sp³-hybridized carbons (Fsp3) is 0.562. The number of aliphatic hydroxyl groups is 1. The first-order chi connectivity index (χ1) is 11.9. The van der Waals surface area contributed by atoms with Crippen molar-refractivity contribution in [2.45, 2.75) is 13.0 Å². The van der Waals surface area contributed by atoms with Crippen LogP contribution in [0.4, 0.5) is 13.6 Å². The third-order valence-corrected chi connectivity index (χ3v) is 4.21. The number of aliphatic hydroxyl groups excluding tert-OH is 1. The molecule has 1 saturated heterocycles. The predicted octanol–water partition coefficient (Wildman–Crippen LogP) is 2.24. The Morgan fingerprint density at radius 1 is 1.28 bits per heavy atom. The van der Waals surface area contributed by atoms with Crippen molar-refractivity contribution in [2.75, 3.05) is 45.9 Å². The molecule has 25 heavy (non-hydrogen) atoms. The maximum Gasteiger partial charge on any atom is 0.409 e. The van der Waals surface area contributed by atoms with Gasteiger partial charge in [-0.05, 0) is 19.1 Å². The van der Waals surface area contributed by atoms with Crippen molar-refractivity contribution >= 4 is 22.0 Å². The molecule has 1 aliphatic rings. The van der Waals surface area contributed by atoms with Gasteiger partial charge in [-0.15, -0.1) is 0 Å². The molecule has 0 bridgehead atoms. The minimum atomic E-state index is -0.906. The highest BCUT2D eigenvalue weighted by atomic mass is 79.9. The molecule has 6 nitrogen and oxygen atoms in total. The molecular formula is C16H21BrF2N2O4. The standard InChI is InChI=1S/C16H21BrF2N2O4/c1-2-24-16(23)21-5-3-20(4-6-21)9-12(22)10-25-15-13(18)7-11(17)8-14(15)19/h7-8,12,22H,2-6,9-10H2,1H3. The Kier molecular flexibility index (Phi) is 7.39. The second-order valence-corrected chi connectivity index (χ2v) is 6.57. The van der Waals surface area contributed by atoms with E-state index < -0.39 is 23.5 Å². The normalized spacial score (nSPS) is 16.6. The van der Waals surface area contributed by atoms with Crippen LogP contribution in [-0.4, -0.2) is 73.0 Å². The average Bonchev–Trinajstić information content (AvgIpc) is 2.54. The molecule has 0 radical (unpaired) electrons. The summed E-state index contributed by atoms with van der Waals surface area (Å²) in [6.07, 6.45) is -1.25. The van der Waals surface area contributed by atoms with Crippen molar-refractivity contribution in [1.29, 1.82) is 0 Å². The first-order valence-corrected chi connectivity index (χ1v) is 8.79. The molecule has 1 fully saturated rings. The topological polar surface area (TPSA) is 62.2 Å². The fourth-order valence-corrected chi connectivity index (χ4v) is 2.93. The van der Waals surface area contributed by atoms with Crippen molar-refractivity contribution in [1.82, 2.24) is 9.80 Å². The van der Waals surface area contributed by atoms with Crippen molar-refractivity contribution < 1.29 is 28.2 Å². The van der Waals surface area contributed by atoms with Gasteiger partial charge in [-0.1, -0.05) is 15.9 Å². The number of piperazine rings is 1. The van der Waals surface area contributed by atoms with Crippen LogP contribution < -0.4 is 4.74 Å². The number of nitrogens with zero attached hydrogens (tertiary/aromatic N) is 2. The van der Waals surface area contributed by atoms with Crippen LogP contribution in [0.3, 0.4) is 0 Å². The number of rotatable bonds is 6. The van der Waals surface area contributed by atoms with Gasteiger partial charge in [-0.3, -0.25) is 4.90 Å². The summed E-state index contributed by atoms with van der Waals surface area (Å²) in [5.41, 5.74) is 0. The highest BCUT2D eigenvalue weighted by Gasteiger charge is 2.23. The van der Waals surface area contributed by atoms with Gasteiger partial charge in [0.1, 0.15) is 12.7 Å². The second kappa shape index (κ2) is 9.30. The van der Waals surface area contributed by atoms with E-state index >= 15 is 0 Å². The third-order valence-electron chi connectivity index (χ3n) is 3.75. The molecule has 1 N–H and O–H groups in total. The minimum absolute atomic E-state index is 0.229. The van der Waals surface area contributed by atoms with Crippen LogP contribution in [0, 0.1) is 11.6 Å². The molecule has 1 amide bonds. The number of carbonyl (C=O) groups is 1. The van der Waals surface area contributed by atoms with Gasteiger partial charge in [0.15, 0.2) is 17.4 Å². The van der Waals surface area contributed by atoms with Crippen LogP contribution in [0.1, 0.15) is 6.92 Å². The van der Waals surface area contributed by atoms with E-state index in [1.165, 1.54) is 0 Å². The number of β-amino-alcohol motifs (C(OH)–C–C–N with tert-alkyl or cyclic N) is 1. The number of amides is 1. The van der Waals surface area contributed by atoms with E-state index in [9.17, 15) is 18.7 Å². The molecule has 1 aromatic rings. The molecule has 0 aromatic heterocycles. The Morgan fingerprint density at radius 3 is 2.44 bits per heavy atom. The Bertz CT molecular complexity index is 574. The van der Waals surface area contributed by atoms with E-state index in [-0.39, 0.29) is 23.7 Å². The van der Waals surface area contributed by atoms with E-state index in [0.717, 1.165) is 12.1 Å². The Hall–Kier alpha value is -1.45. The van der Waals surface area contributed by atoms with Gasteiger partial charge in [-0.2, -0.15) is 0 Å². The number of ether oxygens (including phenoxy) is 2. The smallest absolute Gasteiger partial charge is 0.409 e. The lowest BCUT2D eigenvalue weighted by Crippen LogP contribution is -2.51. The molecule has 1 atom stereocenters. The van der Waals surface area contributed by atoms with Gasteiger partial charge in [0, 0.05) is 37.2 Å². The number of benzene rings is 1. The maximum atomic E-state index is 13.7. The van der Waals surface area contributed by atoms with Crippen molar-refractivity contribution in [3.8, 4) is 5.75 Å². The van der Waals surface area contributed by atoms with E-state index in [2.05, 4.69) is 15.9 Å². The molecule has 140 valence electrons. The number of hydrogen-bond donors (Lipinski definition) is 1. The van der Waals surface area contributed by atoms with Gasteiger partial charge < -0.3 is 19.5 Å². The van der Waals surface area contributed by atoms with Gasteiger partial charge in [0.2, 0.25) is 0 Å². The van der Waals surface area contributed by atoms with Gasteiger partial charge >= 0.3 is 6.09 Å². The summed E-state index contributed by atoms with van der Waals surface area (Å²) in [6.45, 7) is 4.31. The summed E-state index contributed by atoms with van der Waals surface area (Å²) in [7, 11) is 0. The average molecular weight is 423 g/mol. The maximum absolute atomic E-state index is 13.7. The monoisotopic (exact) mass is 422 g/mol. The number of carbonyl (C=O) groups excluding carboxylic acids is 1. The Labute approximate surface area is 153 Å². The molecule has 0 saturated carbocycles. The Morgan fingerprint density at radius 2 is 1.88 bits per heavy atom. The SMILES string of the molecule is CCOC(=O)N1CCN(CC(O)COc2c(F)cc(Br)cc2F)CC1. The third kappa shape index (κ3) is 5.79. The number of hydrogen-bond acceptors (Lipinski definition) is 5. The van der Waals surface area contributed by atoms with Crippen molar-refractivity contribution in [3.05, 3.63) is 28.2 Å². The summed E-state index contributed by atoms with van der Waals surface area (Å²) < 4.78 is 37.6. The molecule has 2 rings (SSSR count). The predicted molar refractivity (Wildman–Crippen MR) is 90.6 cm³/mol. The molecule has 9 heteroatoms. The lowest BCUT2D eigenvalue weighted by molar-refractivity contribution is 0.0394. The Balaban J connectivity index is 1.76. The van der Waals surface area contributed by atoms with Crippen LogP contribution >= 0.6 is 15.9 Å². The second-order valence-electron chi connectivity index (χ2n) is 5.65. The molecule has 0 aliphatic carbocycles. The van der Waals surface area contributed by atoms with E-state index in [4.69, 9.17) is 9.47 Å².